The molecule has 0 heterocycles. The number of rotatable bonds is 0. The molecule has 0 atom stereocenters. The van der Waals surface area contributed by atoms with E-state index >= 15 is 0 Å². The lowest BCUT2D eigenvalue weighted by molar-refractivity contribution is 0.318. The Hall–Kier alpha value is -0.120. The molecule has 0 aliphatic heterocycles. The van der Waals surface area contributed by atoms with Gasteiger partial charge in [-0.15, -0.1) is 0 Å². The van der Waals surface area contributed by atoms with E-state index in [4.69, 9.17) is 15.3 Å². The molecule has 0 saturated heterocycles. The molecule has 0 unspecified atom stereocenters. The average Bonchev–Trinajstić information content (AvgIpc) is 2.64. The summed E-state index contributed by atoms with van der Waals surface area (Å²) in [6.07, 6.45) is 27.0. The van der Waals surface area contributed by atoms with Gasteiger partial charge >= 0.3 is 0 Å². The fourth-order valence-electron chi connectivity index (χ4n) is 3.18. The summed E-state index contributed by atoms with van der Waals surface area (Å²) in [4.78, 5) is 0. The number of hydrogen-bond donors (Lipinski definition) is 3. The van der Waals surface area contributed by atoms with Crippen LogP contribution >= 0.6 is 0 Å². The zero-order valence-corrected chi connectivity index (χ0v) is 19.2. The Kier molecular flexibility index (Phi) is 43.0. The summed E-state index contributed by atoms with van der Waals surface area (Å²) in [6, 6.07) is 0. The van der Waals surface area contributed by atoms with Gasteiger partial charge < -0.3 is 15.3 Å². The number of aliphatic hydroxyl groups excluding tert-OH is 3. The van der Waals surface area contributed by atoms with Gasteiger partial charge in [0.25, 0.3) is 0 Å². The van der Waals surface area contributed by atoms with Crippen LogP contribution in [0.4, 0.5) is 0 Å². The van der Waals surface area contributed by atoms with Crippen molar-refractivity contribution in [1.29, 1.82) is 0 Å². The molecule has 1 fully saturated rings. The van der Waals surface area contributed by atoms with Crippen LogP contribution in [0.1, 0.15) is 136 Å². The molecular formula is C24H54O3. The second kappa shape index (κ2) is 36.7. The molecular weight excluding hydrogens is 336 g/mol. The van der Waals surface area contributed by atoms with Gasteiger partial charge in [-0.25, -0.2) is 0 Å². The molecule has 3 heteroatoms. The van der Waals surface area contributed by atoms with Crippen LogP contribution in [0.25, 0.3) is 0 Å². The van der Waals surface area contributed by atoms with Gasteiger partial charge in [-0.2, -0.15) is 0 Å². The predicted octanol–water partition coefficient (Wildman–Crippen LogP) is 7.02. The first-order valence-corrected chi connectivity index (χ1v) is 12.1. The molecule has 3 N–H and O–H groups in total. The van der Waals surface area contributed by atoms with Crippen LogP contribution in [0.3, 0.4) is 0 Å². The minimum Gasteiger partial charge on any atom is -0.397 e. The minimum absolute atomic E-state index is 0.250. The Balaban J connectivity index is -0.000000540. The molecule has 0 amide bonds. The fraction of sp³-hybridized carbons (Fsp3) is 1.00. The summed E-state index contributed by atoms with van der Waals surface area (Å²) in [5, 5.41) is 22.7. The lowest BCUT2D eigenvalue weighted by Gasteiger charge is -2.05. The topological polar surface area (TPSA) is 60.7 Å². The molecule has 1 rings (SSSR count). The van der Waals surface area contributed by atoms with Gasteiger partial charge in [0.2, 0.25) is 0 Å². The summed E-state index contributed by atoms with van der Waals surface area (Å²) in [7, 11) is 0. The van der Waals surface area contributed by atoms with E-state index in [1.165, 1.54) is 116 Å². The zero-order chi connectivity index (χ0) is 20.8. The standard InChI is InChI=1S/C18H36.3C2H6O/c1-2-4-6-8-10-12-14-16-18-17-15-13-11-9-7-5-3-1;3*1-2-3/h1-18H2;3*3H,2H2,1H3. The van der Waals surface area contributed by atoms with Crippen molar-refractivity contribution < 1.29 is 15.3 Å². The molecule has 168 valence electrons. The molecule has 0 aromatic heterocycles. The first-order valence-electron chi connectivity index (χ1n) is 12.1. The largest absolute Gasteiger partial charge is 0.397 e. The maximum Gasteiger partial charge on any atom is 0.0402 e. The summed E-state index contributed by atoms with van der Waals surface area (Å²) in [5.74, 6) is 0. The zero-order valence-electron chi connectivity index (χ0n) is 19.2. The SMILES string of the molecule is C1CCCCCCCCCCCCCCCCC1.CCO.CCO.CCO. The third-order valence-electron chi connectivity index (χ3n) is 4.50. The van der Waals surface area contributed by atoms with Crippen molar-refractivity contribution in [3.8, 4) is 0 Å². The van der Waals surface area contributed by atoms with E-state index < -0.39 is 0 Å². The lowest BCUT2D eigenvalue weighted by atomic mass is 10.0. The van der Waals surface area contributed by atoms with Crippen molar-refractivity contribution in [2.45, 2.75) is 136 Å². The number of aliphatic hydroxyl groups is 3. The summed E-state index contributed by atoms with van der Waals surface area (Å²) in [6.45, 7) is 5.79. The third kappa shape index (κ3) is 46.2. The van der Waals surface area contributed by atoms with E-state index in [0.717, 1.165) is 0 Å². The van der Waals surface area contributed by atoms with Crippen LogP contribution in [-0.4, -0.2) is 35.1 Å². The van der Waals surface area contributed by atoms with Crippen molar-refractivity contribution >= 4 is 0 Å². The van der Waals surface area contributed by atoms with Crippen LogP contribution in [-0.2, 0) is 0 Å². The quantitative estimate of drug-likeness (QED) is 0.416. The highest BCUT2D eigenvalue weighted by molar-refractivity contribution is 4.52. The van der Waals surface area contributed by atoms with Gasteiger partial charge in [-0.1, -0.05) is 116 Å². The molecule has 27 heavy (non-hydrogen) atoms. The summed E-state index contributed by atoms with van der Waals surface area (Å²) in [5.41, 5.74) is 0. The van der Waals surface area contributed by atoms with Gasteiger partial charge in [0, 0.05) is 19.8 Å². The second-order valence-corrected chi connectivity index (χ2v) is 7.31. The van der Waals surface area contributed by atoms with Crippen LogP contribution < -0.4 is 0 Å². The minimum atomic E-state index is 0.250. The monoisotopic (exact) mass is 390 g/mol. The molecule has 1 aliphatic carbocycles. The van der Waals surface area contributed by atoms with Crippen LogP contribution in [0, 0.1) is 0 Å². The second-order valence-electron chi connectivity index (χ2n) is 7.31. The van der Waals surface area contributed by atoms with E-state index in [9.17, 15) is 0 Å². The van der Waals surface area contributed by atoms with E-state index in [-0.39, 0.29) is 19.8 Å². The summed E-state index contributed by atoms with van der Waals surface area (Å²) < 4.78 is 0. The molecule has 0 bridgehead atoms. The smallest absolute Gasteiger partial charge is 0.0402 e. The Labute approximate surface area is 172 Å². The van der Waals surface area contributed by atoms with E-state index in [1.807, 2.05) is 0 Å². The van der Waals surface area contributed by atoms with E-state index in [1.54, 1.807) is 20.8 Å². The first kappa shape index (κ1) is 31.6. The lowest BCUT2D eigenvalue weighted by Crippen LogP contribution is -1.85. The first-order chi connectivity index (χ1) is 13.2. The van der Waals surface area contributed by atoms with Crippen LogP contribution in [0.15, 0.2) is 0 Å². The average molecular weight is 391 g/mol. The van der Waals surface area contributed by atoms with Crippen LogP contribution in [0.2, 0.25) is 0 Å². The maximum absolute atomic E-state index is 7.57. The van der Waals surface area contributed by atoms with Crippen molar-refractivity contribution in [2.75, 3.05) is 19.8 Å². The van der Waals surface area contributed by atoms with Crippen molar-refractivity contribution in [3.05, 3.63) is 0 Å². The molecule has 1 aliphatic rings. The molecule has 0 spiro atoms. The number of hydrogen-bond acceptors (Lipinski definition) is 3. The van der Waals surface area contributed by atoms with Crippen molar-refractivity contribution in [1.82, 2.24) is 0 Å². The molecule has 3 nitrogen and oxygen atoms in total. The van der Waals surface area contributed by atoms with Gasteiger partial charge in [0.05, 0.1) is 0 Å². The highest BCUT2D eigenvalue weighted by Gasteiger charge is 1.96. The normalized spacial score (nSPS) is 18.0. The predicted molar refractivity (Wildman–Crippen MR) is 121 cm³/mol. The highest BCUT2D eigenvalue weighted by Crippen LogP contribution is 2.16. The van der Waals surface area contributed by atoms with Crippen molar-refractivity contribution in [2.24, 2.45) is 0 Å². The molecule has 0 aromatic rings. The Morgan fingerprint density at radius 2 is 0.333 bits per heavy atom. The Bertz CT molecular complexity index is 118. The van der Waals surface area contributed by atoms with Gasteiger partial charge in [-0.3, -0.25) is 0 Å². The molecule has 0 aromatic carbocycles. The highest BCUT2D eigenvalue weighted by atomic mass is 16.3. The van der Waals surface area contributed by atoms with Gasteiger partial charge in [0.1, 0.15) is 0 Å². The Morgan fingerprint density at radius 1 is 0.296 bits per heavy atom. The van der Waals surface area contributed by atoms with Gasteiger partial charge in [0.15, 0.2) is 0 Å². The fourth-order valence-corrected chi connectivity index (χ4v) is 3.18. The van der Waals surface area contributed by atoms with E-state index in [0.29, 0.717) is 0 Å². The third-order valence-corrected chi connectivity index (χ3v) is 4.50. The maximum atomic E-state index is 7.57. The van der Waals surface area contributed by atoms with Crippen molar-refractivity contribution in [3.63, 3.8) is 0 Å². The van der Waals surface area contributed by atoms with Crippen LogP contribution in [0.5, 0.6) is 0 Å². The Morgan fingerprint density at radius 3 is 0.370 bits per heavy atom. The molecule has 1 saturated carbocycles. The van der Waals surface area contributed by atoms with E-state index in [2.05, 4.69) is 0 Å². The van der Waals surface area contributed by atoms with Gasteiger partial charge in [-0.05, 0) is 20.8 Å². The molecule has 0 radical (unpaired) electrons. The summed E-state index contributed by atoms with van der Waals surface area (Å²) >= 11 is 0.